The van der Waals surface area contributed by atoms with E-state index in [0.717, 1.165) is 19.3 Å². The van der Waals surface area contributed by atoms with Gasteiger partial charge in [0, 0.05) is 6.61 Å². The monoisotopic (exact) mass is 428 g/mol. The fraction of sp³-hybridized carbons (Fsp3) is 0.500. The summed E-state index contributed by atoms with van der Waals surface area (Å²) in [5.41, 5.74) is 0.721. The van der Waals surface area contributed by atoms with Crippen molar-refractivity contribution in [3.8, 4) is 11.4 Å². The molecule has 0 N–H and O–H groups in total. The lowest BCUT2D eigenvalue weighted by molar-refractivity contribution is -0.384. The Morgan fingerprint density at radius 1 is 1.35 bits per heavy atom. The summed E-state index contributed by atoms with van der Waals surface area (Å²) in [5, 5.41) is 16.1. The topological polar surface area (TPSA) is 127 Å². The van der Waals surface area contributed by atoms with Gasteiger partial charge < -0.3 is 9.47 Å². The van der Waals surface area contributed by atoms with E-state index in [2.05, 4.69) is 15.1 Å². The first-order valence-electron chi connectivity index (χ1n) is 10.1. The van der Waals surface area contributed by atoms with Crippen LogP contribution in [0.15, 0.2) is 24.7 Å². The molecule has 3 aromatic rings. The van der Waals surface area contributed by atoms with E-state index in [1.54, 1.807) is 37.5 Å². The molecule has 4 heterocycles. The number of imidazole rings is 1. The smallest absolute Gasteiger partial charge is 0.316 e. The largest absolute Gasteiger partial charge is 0.443 e. The highest BCUT2D eigenvalue weighted by atomic mass is 16.6. The van der Waals surface area contributed by atoms with Gasteiger partial charge in [0.1, 0.15) is 23.6 Å². The van der Waals surface area contributed by atoms with E-state index in [1.807, 2.05) is 0 Å². The lowest BCUT2D eigenvalue weighted by atomic mass is 9.98. The summed E-state index contributed by atoms with van der Waals surface area (Å²) in [6, 6.07) is 3.35. The van der Waals surface area contributed by atoms with Crippen LogP contribution in [0.2, 0.25) is 0 Å². The highest BCUT2D eigenvalue weighted by Crippen LogP contribution is 2.31. The molecule has 0 saturated carbocycles. The molecule has 3 aromatic heterocycles. The first-order valence-corrected chi connectivity index (χ1v) is 10.1. The Balaban J connectivity index is 1.67. The normalized spacial score (nSPS) is 17.1. The second-order valence-electron chi connectivity index (χ2n) is 8.49. The van der Waals surface area contributed by atoms with Crippen LogP contribution in [-0.4, -0.2) is 41.8 Å². The summed E-state index contributed by atoms with van der Waals surface area (Å²) in [6.07, 6.45) is 5.27. The van der Waals surface area contributed by atoms with Gasteiger partial charge in [0.2, 0.25) is 0 Å². The Morgan fingerprint density at radius 3 is 2.84 bits per heavy atom. The van der Waals surface area contributed by atoms with E-state index >= 15 is 0 Å². The van der Waals surface area contributed by atoms with Crippen LogP contribution in [0, 0.1) is 15.5 Å². The number of hydrogen-bond donors (Lipinski definition) is 0. The lowest BCUT2D eigenvalue weighted by Crippen LogP contribution is -2.23. The van der Waals surface area contributed by atoms with E-state index < -0.39 is 10.3 Å². The van der Waals surface area contributed by atoms with Crippen LogP contribution in [0.4, 0.5) is 5.69 Å². The molecule has 0 spiro atoms. The minimum atomic E-state index is -0.635. The molecule has 0 amide bonds. The Kier molecular flexibility index (Phi) is 5.44. The second-order valence-corrected chi connectivity index (χ2v) is 8.49. The third-order valence-electron chi connectivity index (χ3n) is 5.01. The van der Waals surface area contributed by atoms with Gasteiger partial charge in [-0.3, -0.25) is 19.5 Å². The molecule has 1 unspecified atom stereocenters. The zero-order valence-corrected chi connectivity index (χ0v) is 17.6. The number of carbonyl (C=O) groups is 1. The number of rotatable bonds is 5. The molecular weight excluding hydrogens is 404 g/mol. The SMILES string of the molecule is CC(C)(C)C(=O)OCn1cnc2ccc(-c3nn(C4CCCCO4)cc3[N+](=O)[O-])nc21. The Labute approximate surface area is 178 Å². The second kappa shape index (κ2) is 8.06. The highest BCUT2D eigenvalue weighted by molar-refractivity contribution is 5.77. The van der Waals surface area contributed by atoms with Crippen molar-refractivity contribution in [2.45, 2.75) is 53.0 Å². The van der Waals surface area contributed by atoms with Gasteiger partial charge in [-0.1, -0.05) is 0 Å². The zero-order chi connectivity index (χ0) is 22.2. The molecule has 0 aromatic carbocycles. The third kappa shape index (κ3) is 4.26. The molecule has 164 valence electrons. The van der Waals surface area contributed by atoms with Crippen molar-refractivity contribution in [3.05, 3.63) is 34.8 Å². The zero-order valence-electron chi connectivity index (χ0n) is 17.6. The average Bonchev–Trinajstić information content (AvgIpc) is 3.36. The van der Waals surface area contributed by atoms with Gasteiger partial charge in [0.05, 0.1) is 16.7 Å². The van der Waals surface area contributed by atoms with Crippen molar-refractivity contribution in [3.63, 3.8) is 0 Å². The Bertz CT molecular complexity index is 1120. The van der Waals surface area contributed by atoms with Gasteiger partial charge in [-0.05, 0) is 52.2 Å². The fourth-order valence-electron chi connectivity index (χ4n) is 3.29. The molecule has 0 aliphatic carbocycles. The summed E-state index contributed by atoms with van der Waals surface area (Å²) >= 11 is 0. The first kappa shape index (κ1) is 20.9. The number of fused-ring (bicyclic) bond motifs is 1. The van der Waals surface area contributed by atoms with Crippen LogP contribution in [0.3, 0.4) is 0 Å². The van der Waals surface area contributed by atoms with Crippen LogP contribution in [0.1, 0.15) is 46.3 Å². The molecule has 0 bridgehead atoms. The van der Waals surface area contributed by atoms with Crippen molar-refractivity contribution >= 4 is 22.8 Å². The summed E-state index contributed by atoms with van der Waals surface area (Å²) < 4.78 is 14.1. The number of nitro groups is 1. The number of esters is 1. The molecule has 1 atom stereocenters. The van der Waals surface area contributed by atoms with E-state index in [0.29, 0.717) is 23.5 Å². The number of aromatic nitrogens is 5. The van der Waals surface area contributed by atoms with Crippen LogP contribution >= 0.6 is 0 Å². The molecule has 1 aliphatic rings. The summed E-state index contributed by atoms with van der Waals surface area (Å²) in [7, 11) is 0. The standard InChI is InChI=1S/C20H24N6O5/c1-20(2,3)19(27)31-12-24-11-21-14-8-7-13(22-18(14)24)17-15(26(28)29)10-25(23-17)16-6-4-5-9-30-16/h7-8,10-11,16H,4-6,9,12H2,1-3H3. The minimum absolute atomic E-state index is 0.0600. The maximum atomic E-state index is 12.1. The number of ether oxygens (including phenoxy) is 2. The average molecular weight is 428 g/mol. The first-order chi connectivity index (χ1) is 14.7. The lowest BCUT2D eigenvalue weighted by Gasteiger charge is -2.22. The van der Waals surface area contributed by atoms with Crippen LogP contribution in [-0.2, 0) is 21.0 Å². The van der Waals surface area contributed by atoms with Gasteiger partial charge in [-0.2, -0.15) is 5.10 Å². The molecule has 0 radical (unpaired) electrons. The molecule has 31 heavy (non-hydrogen) atoms. The van der Waals surface area contributed by atoms with Crippen molar-refractivity contribution < 1.29 is 19.2 Å². The van der Waals surface area contributed by atoms with E-state index in [9.17, 15) is 14.9 Å². The Morgan fingerprint density at radius 2 is 2.16 bits per heavy atom. The summed E-state index contributed by atoms with van der Waals surface area (Å²) in [5.74, 6) is -0.354. The molecule has 1 saturated heterocycles. The molecular formula is C20H24N6O5. The van der Waals surface area contributed by atoms with Crippen LogP contribution in [0.5, 0.6) is 0 Å². The fourth-order valence-corrected chi connectivity index (χ4v) is 3.29. The number of hydrogen-bond acceptors (Lipinski definition) is 8. The predicted molar refractivity (Wildman–Crippen MR) is 110 cm³/mol. The number of carbonyl (C=O) groups excluding carboxylic acids is 1. The van der Waals surface area contributed by atoms with Gasteiger partial charge in [-0.15, -0.1) is 0 Å². The van der Waals surface area contributed by atoms with Gasteiger partial charge in [0.25, 0.3) is 0 Å². The highest BCUT2D eigenvalue weighted by Gasteiger charge is 2.27. The number of nitrogens with zero attached hydrogens (tertiary/aromatic N) is 6. The minimum Gasteiger partial charge on any atom is -0.443 e. The molecule has 11 heteroatoms. The predicted octanol–water partition coefficient (Wildman–Crippen LogP) is 3.45. The van der Waals surface area contributed by atoms with Gasteiger partial charge in [0.15, 0.2) is 18.1 Å². The Hall–Kier alpha value is -3.34. The maximum absolute atomic E-state index is 12.1. The van der Waals surface area contributed by atoms with Crippen molar-refractivity contribution in [1.29, 1.82) is 0 Å². The van der Waals surface area contributed by atoms with Crippen molar-refractivity contribution in [2.24, 2.45) is 5.41 Å². The van der Waals surface area contributed by atoms with Crippen molar-refractivity contribution in [1.82, 2.24) is 24.3 Å². The van der Waals surface area contributed by atoms with Gasteiger partial charge >= 0.3 is 11.7 Å². The van der Waals surface area contributed by atoms with E-state index in [-0.39, 0.29) is 30.3 Å². The molecule has 1 fully saturated rings. The summed E-state index contributed by atoms with van der Waals surface area (Å²) in [4.78, 5) is 32.1. The quantitative estimate of drug-likeness (QED) is 0.343. The van der Waals surface area contributed by atoms with Crippen molar-refractivity contribution in [2.75, 3.05) is 6.61 Å². The molecule has 11 nitrogen and oxygen atoms in total. The molecule has 4 rings (SSSR count). The molecule has 1 aliphatic heterocycles. The van der Waals surface area contributed by atoms with E-state index in [4.69, 9.17) is 9.47 Å². The number of pyridine rings is 1. The van der Waals surface area contributed by atoms with E-state index in [1.165, 1.54) is 17.2 Å². The van der Waals surface area contributed by atoms with Crippen LogP contribution < -0.4 is 0 Å². The summed E-state index contributed by atoms with van der Waals surface area (Å²) in [6.45, 7) is 5.84. The maximum Gasteiger partial charge on any atom is 0.316 e. The van der Waals surface area contributed by atoms with Gasteiger partial charge in [-0.25, -0.2) is 14.6 Å². The van der Waals surface area contributed by atoms with Crippen LogP contribution in [0.25, 0.3) is 22.6 Å². The third-order valence-corrected chi connectivity index (χ3v) is 5.01.